The molecule has 1 aromatic carbocycles. The first kappa shape index (κ1) is 16.4. The first-order chi connectivity index (χ1) is 10.6. The molecular weight excluding hydrogens is 306 g/mol. The summed E-state index contributed by atoms with van der Waals surface area (Å²) in [6.45, 7) is 4.28. The predicted octanol–water partition coefficient (Wildman–Crippen LogP) is 3.71. The van der Waals surface area contributed by atoms with Crippen LogP contribution in [0.2, 0.25) is 5.02 Å². The summed E-state index contributed by atoms with van der Waals surface area (Å²) < 4.78 is 15.6. The number of ether oxygens (including phenoxy) is 2. The van der Waals surface area contributed by atoms with E-state index in [1.54, 1.807) is 19.1 Å². The zero-order valence-corrected chi connectivity index (χ0v) is 13.4. The van der Waals surface area contributed by atoms with Gasteiger partial charge in [0.25, 0.3) is 0 Å². The van der Waals surface area contributed by atoms with Gasteiger partial charge in [-0.25, -0.2) is 0 Å². The van der Waals surface area contributed by atoms with Gasteiger partial charge in [0.2, 0.25) is 0 Å². The molecule has 0 saturated heterocycles. The third kappa shape index (κ3) is 4.77. The van der Waals surface area contributed by atoms with Gasteiger partial charge in [0.15, 0.2) is 0 Å². The number of hydrogen-bond donors (Lipinski definition) is 0. The van der Waals surface area contributed by atoms with Crippen molar-refractivity contribution in [3.63, 3.8) is 0 Å². The number of aryl methyl sites for hydroxylation is 2. The van der Waals surface area contributed by atoms with Gasteiger partial charge in [0.1, 0.15) is 23.8 Å². The third-order valence-corrected chi connectivity index (χ3v) is 3.28. The molecule has 0 aliphatic heterocycles. The van der Waals surface area contributed by atoms with Gasteiger partial charge in [0, 0.05) is 12.5 Å². The Morgan fingerprint density at radius 2 is 2.18 bits per heavy atom. The number of halogens is 1. The van der Waals surface area contributed by atoms with E-state index >= 15 is 0 Å². The lowest BCUT2D eigenvalue weighted by Gasteiger charge is -2.09. The molecule has 0 unspecified atom stereocenters. The van der Waals surface area contributed by atoms with Crippen LogP contribution in [0.1, 0.15) is 30.4 Å². The molecule has 0 N–H and O–H groups in total. The fraction of sp³-hybridized carbons (Fsp3) is 0.375. The lowest BCUT2D eigenvalue weighted by molar-refractivity contribution is -0.143. The van der Waals surface area contributed by atoms with Gasteiger partial charge in [-0.3, -0.25) is 4.79 Å². The SMILES string of the molecule is CCOC(=O)CCc1ccc(Cl)c(OCc2cc(C)on2)c1. The molecule has 2 aromatic rings. The molecular formula is C16H18ClNO4. The van der Waals surface area contributed by atoms with E-state index in [4.69, 9.17) is 25.6 Å². The van der Waals surface area contributed by atoms with Crippen LogP contribution in [-0.4, -0.2) is 17.7 Å². The summed E-state index contributed by atoms with van der Waals surface area (Å²) in [6, 6.07) is 7.26. The summed E-state index contributed by atoms with van der Waals surface area (Å²) in [5.41, 5.74) is 1.66. The molecule has 0 aliphatic carbocycles. The zero-order chi connectivity index (χ0) is 15.9. The Bertz CT molecular complexity index is 639. The van der Waals surface area contributed by atoms with Gasteiger partial charge in [-0.05, 0) is 38.0 Å². The Labute approximate surface area is 134 Å². The molecule has 2 rings (SSSR count). The molecule has 0 fully saturated rings. The number of benzene rings is 1. The Kier molecular flexibility index (Phi) is 5.83. The van der Waals surface area contributed by atoms with Crippen LogP contribution in [0.15, 0.2) is 28.8 Å². The molecule has 6 heteroatoms. The number of rotatable bonds is 7. The maximum absolute atomic E-state index is 11.4. The van der Waals surface area contributed by atoms with Crippen molar-refractivity contribution in [1.82, 2.24) is 5.16 Å². The quantitative estimate of drug-likeness (QED) is 0.727. The average Bonchev–Trinajstić information content (AvgIpc) is 2.91. The number of esters is 1. The van der Waals surface area contributed by atoms with E-state index in [1.807, 2.05) is 19.1 Å². The Morgan fingerprint density at radius 1 is 1.36 bits per heavy atom. The van der Waals surface area contributed by atoms with E-state index in [2.05, 4.69) is 5.16 Å². The summed E-state index contributed by atoms with van der Waals surface area (Å²) >= 11 is 6.12. The molecule has 0 atom stereocenters. The normalized spacial score (nSPS) is 10.5. The van der Waals surface area contributed by atoms with Gasteiger partial charge in [-0.15, -0.1) is 0 Å². The van der Waals surface area contributed by atoms with Crippen molar-refractivity contribution in [2.75, 3.05) is 6.61 Å². The van der Waals surface area contributed by atoms with Crippen molar-refractivity contribution in [2.24, 2.45) is 0 Å². The van der Waals surface area contributed by atoms with E-state index in [9.17, 15) is 4.79 Å². The minimum absolute atomic E-state index is 0.210. The van der Waals surface area contributed by atoms with Crippen LogP contribution in [0, 0.1) is 6.92 Å². The van der Waals surface area contributed by atoms with E-state index in [0.717, 1.165) is 11.3 Å². The lowest BCUT2D eigenvalue weighted by atomic mass is 10.1. The van der Waals surface area contributed by atoms with Gasteiger partial charge in [-0.1, -0.05) is 22.8 Å². The second-order valence-corrected chi connectivity index (χ2v) is 5.19. The number of aromatic nitrogens is 1. The van der Waals surface area contributed by atoms with Crippen molar-refractivity contribution >= 4 is 17.6 Å². The lowest BCUT2D eigenvalue weighted by Crippen LogP contribution is -2.05. The van der Waals surface area contributed by atoms with Crippen LogP contribution in [0.5, 0.6) is 5.75 Å². The Balaban J connectivity index is 1.95. The molecule has 5 nitrogen and oxygen atoms in total. The summed E-state index contributed by atoms with van der Waals surface area (Å²) in [4.78, 5) is 11.4. The van der Waals surface area contributed by atoms with Crippen LogP contribution < -0.4 is 4.74 Å². The van der Waals surface area contributed by atoms with Crippen LogP contribution in [0.3, 0.4) is 0 Å². The minimum atomic E-state index is -0.210. The summed E-state index contributed by atoms with van der Waals surface area (Å²) in [7, 11) is 0. The third-order valence-electron chi connectivity index (χ3n) is 2.97. The van der Waals surface area contributed by atoms with Crippen LogP contribution >= 0.6 is 11.6 Å². The topological polar surface area (TPSA) is 61.6 Å². The number of nitrogens with zero attached hydrogens (tertiary/aromatic N) is 1. The van der Waals surface area contributed by atoms with E-state index in [0.29, 0.717) is 35.9 Å². The number of carbonyl (C=O) groups excluding carboxylic acids is 1. The molecule has 0 bridgehead atoms. The Hall–Kier alpha value is -2.01. The zero-order valence-electron chi connectivity index (χ0n) is 12.6. The van der Waals surface area contributed by atoms with Crippen molar-refractivity contribution in [3.05, 3.63) is 46.3 Å². The maximum atomic E-state index is 11.4. The molecule has 1 heterocycles. The van der Waals surface area contributed by atoms with Crippen LogP contribution in [0.25, 0.3) is 0 Å². The van der Waals surface area contributed by atoms with Crippen molar-refractivity contribution in [2.45, 2.75) is 33.3 Å². The molecule has 0 saturated carbocycles. The minimum Gasteiger partial charge on any atom is -0.486 e. The largest absolute Gasteiger partial charge is 0.486 e. The van der Waals surface area contributed by atoms with E-state index in [1.165, 1.54) is 0 Å². The van der Waals surface area contributed by atoms with E-state index < -0.39 is 0 Å². The van der Waals surface area contributed by atoms with Crippen molar-refractivity contribution < 1.29 is 18.8 Å². The fourth-order valence-corrected chi connectivity index (χ4v) is 2.10. The summed E-state index contributed by atoms with van der Waals surface area (Å²) in [6.07, 6.45) is 0.910. The highest BCUT2D eigenvalue weighted by Gasteiger charge is 2.08. The molecule has 1 aromatic heterocycles. The molecule has 0 spiro atoms. The monoisotopic (exact) mass is 323 g/mol. The number of hydrogen-bond acceptors (Lipinski definition) is 5. The van der Waals surface area contributed by atoms with Crippen molar-refractivity contribution in [3.8, 4) is 5.75 Å². The Morgan fingerprint density at radius 3 is 2.86 bits per heavy atom. The van der Waals surface area contributed by atoms with Gasteiger partial charge < -0.3 is 14.0 Å². The van der Waals surface area contributed by atoms with Crippen LogP contribution in [-0.2, 0) is 22.6 Å². The molecule has 22 heavy (non-hydrogen) atoms. The first-order valence-corrected chi connectivity index (χ1v) is 7.45. The molecule has 118 valence electrons. The van der Waals surface area contributed by atoms with Crippen molar-refractivity contribution in [1.29, 1.82) is 0 Å². The fourth-order valence-electron chi connectivity index (χ4n) is 1.93. The highest BCUT2D eigenvalue weighted by atomic mass is 35.5. The average molecular weight is 324 g/mol. The highest BCUT2D eigenvalue weighted by Crippen LogP contribution is 2.27. The second-order valence-electron chi connectivity index (χ2n) is 4.79. The maximum Gasteiger partial charge on any atom is 0.306 e. The van der Waals surface area contributed by atoms with Gasteiger partial charge >= 0.3 is 5.97 Å². The van der Waals surface area contributed by atoms with Crippen LogP contribution in [0.4, 0.5) is 0 Å². The number of carbonyl (C=O) groups is 1. The standard InChI is InChI=1S/C16H18ClNO4/c1-3-20-16(19)7-5-12-4-6-14(17)15(9-12)21-10-13-8-11(2)22-18-13/h4,6,8-9H,3,5,7,10H2,1-2H3. The van der Waals surface area contributed by atoms with E-state index in [-0.39, 0.29) is 12.6 Å². The first-order valence-electron chi connectivity index (χ1n) is 7.07. The predicted molar refractivity (Wildman–Crippen MR) is 82.0 cm³/mol. The highest BCUT2D eigenvalue weighted by molar-refractivity contribution is 6.32. The molecule has 0 radical (unpaired) electrons. The smallest absolute Gasteiger partial charge is 0.306 e. The summed E-state index contributed by atoms with van der Waals surface area (Å²) in [5.74, 6) is 1.08. The van der Waals surface area contributed by atoms with Gasteiger partial charge in [-0.2, -0.15) is 0 Å². The second kappa shape index (κ2) is 7.84. The summed E-state index contributed by atoms with van der Waals surface area (Å²) in [5, 5.41) is 4.37. The van der Waals surface area contributed by atoms with Gasteiger partial charge in [0.05, 0.1) is 11.6 Å². The molecule has 0 aliphatic rings. The molecule has 0 amide bonds.